The quantitative estimate of drug-likeness (QED) is 0.809. The van der Waals surface area contributed by atoms with E-state index in [2.05, 4.69) is 5.10 Å². The van der Waals surface area contributed by atoms with Crippen LogP contribution >= 0.6 is 0 Å². The summed E-state index contributed by atoms with van der Waals surface area (Å²) < 4.78 is 26.0. The number of nitrogens with zero attached hydrogens (tertiary/aromatic N) is 2. The molecule has 0 aliphatic heterocycles. The summed E-state index contributed by atoms with van der Waals surface area (Å²) in [6.45, 7) is 0.213. The molecule has 0 spiro atoms. The summed E-state index contributed by atoms with van der Waals surface area (Å²) in [7, 11) is 1.38. The molecular formula is C8H10F2N2O2. The monoisotopic (exact) mass is 204 g/mol. The fourth-order valence-electron chi connectivity index (χ4n) is 1.32. The van der Waals surface area contributed by atoms with Crippen LogP contribution in [0, 0.1) is 6.92 Å². The Labute approximate surface area is 79.2 Å². The number of hydrogen-bond donors (Lipinski definition) is 1. The molecule has 14 heavy (non-hydrogen) atoms. The highest BCUT2D eigenvalue weighted by atomic mass is 19.2. The summed E-state index contributed by atoms with van der Waals surface area (Å²) >= 11 is 0. The third-order valence-electron chi connectivity index (χ3n) is 1.96. The van der Waals surface area contributed by atoms with E-state index in [1.165, 1.54) is 14.0 Å². The first-order valence-electron chi connectivity index (χ1n) is 3.95. The molecule has 0 saturated carbocycles. The molecule has 0 aliphatic rings. The highest BCUT2D eigenvalue weighted by molar-refractivity contribution is 5.87. The van der Waals surface area contributed by atoms with E-state index in [4.69, 9.17) is 5.11 Å². The van der Waals surface area contributed by atoms with Gasteiger partial charge in [-0.3, -0.25) is 4.68 Å². The Balaban J connectivity index is 3.23. The number of aromatic nitrogens is 2. The number of carboxylic acids is 1. The molecule has 78 valence electrons. The summed E-state index contributed by atoms with van der Waals surface area (Å²) in [5.41, 5.74) is -0.0892. The zero-order valence-corrected chi connectivity index (χ0v) is 7.79. The van der Waals surface area contributed by atoms with Crippen molar-refractivity contribution in [2.75, 3.05) is 6.67 Å². The van der Waals surface area contributed by atoms with Crippen molar-refractivity contribution in [2.24, 2.45) is 7.05 Å². The number of aryl methyl sites for hydroxylation is 1. The van der Waals surface area contributed by atoms with Crippen LogP contribution in [0.15, 0.2) is 0 Å². The van der Waals surface area contributed by atoms with Crippen molar-refractivity contribution in [1.29, 1.82) is 0 Å². The van der Waals surface area contributed by atoms with Crippen molar-refractivity contribution in [2.45, 2.75) is 13.1 Å². The van der Waals surface area contributed by atoms with Gasteiger partial charge in [-0.05, 0) is 6.92 Å². The van der Waals surface area contributed by atoms with Gasteiger partial charge in [0.2, 0.25) is 0 Å². The molecule has 1 aromatic heterocycles. The molecular weight excluding hydrogens is 194 g/mol. The van der Waals surface area contributed by atoms with Crippen LogP contribution in [0.3, 0.4) is 0 Å². The van der Waals surface area contributed by atoms with Gasteiger partial charge in [0.25, 0.3) is 0 Å². The minimum atomic E-state index is -1.85. The maximum absolute atomic E-state index is 12.9. The molecule has 0 fully saturated rings. The summed E-state index contributed by atoms with van der Waals surface area (Å²) in [6.07, 6.45) is -1.85. The van der Waals surface area contributed by atoms with Gasteiger partial charge < -0.3 is 5.11 Å². The fraction of sp³-hybridized carbons (Fsp3) is 0.500. The Morgan fingerprint density at radius 2 is 2.29 bits per heavy atom. The molecule has 4 nitrogen and oxygen atoms in total. The minimum Gasteiger partial charge on any atom is -0.477 e. The van der Waals surface area contributed by atoms with Crippen LogP contribution in [0.1, 0.15) is 27.9 Å². The van der Waals surface area contributed by atoms with Gasteiger partial charge in [0.05, 0.1) is 0 Å². The highest BCUT2D eigenvalue weighted by Crippen LogP contribution is 2.22. The second kappa shape index (κ2) is 3.73. The SMILES string of the molecule is Cc1c(C(F)CF)nn(C)c1C(=O)O. The van der Waals surface area contributed by atoms with Crippen molar-refractivity contribution in [3.05, 3.63) is 17.0 Å². The standard InChI is InChI=1S/C8H10F2N2O2/c1-4-6(5(10)3-9)11-12(2)7(4)8(13)14/h5H,3H2,1-2H3,(H,13,14). The first kappa shape index (κ1) is 10.6. The molecule has 1 heterocycles. The number of halogens is 2. The Bertz CT molecular complexity index is 362. The Hall–Kier alpha value is -1.46. The Morgan fingerprint density at radius 3 is 2.64 bits per heavy atom. The van der Waals surface area contributed by atoms with Crippen LogP contribution in [0.2, 0.25) is 0 Å². The van der Waals surface area contributed by atoms with E-state index in [-0.39, 0.29) is 17.0 Å². The van der Waals surface area contributed by atoms with Gasteiger partial charge >= 0.3 is 5.97 Å². The molecule has 1 atom stereocenters. The van der Waals surface area contributed by atoms with Gasteiger partial charge in [0, 0.05) is 12.6 Å². The lowest BCUT2D eigenvalue weighted by molar-refractivity contribution is 0.0684. The van der Waals surface area contributed by atoms with E-state index in [9.17, 15) is 13.6 Å². The average Bonchev–Trinajstić information content (AvgIpc) is 2.40. The van der Waals surface area contributed by atoms with Gasteiger partial charge in [-0.15, -0.1) is 0 Å². The van der Waals surface area contributed by atoms with Crippen LogP contribution in [0.25, 0.3) is 0 Å². The lowest BCUT2D eigenvalue weighted by atomic mass is 10.1. The molecule has 0 amide bonds. The highest BCUT2D eigenvalue weighted by Gasteiger charge is 2.23. The smallest absolute Gasteiger partial charge is 0.354 e. The van der Waals surface area contributed by atoms with Crippen molar-refractivity contribution >= 4 is 5.97 Å². The molecule has 0 aliphatic carbocycles. The summed E-state index contributed by atoms with van der Waals surface area (Å²) in [5.74, 6) is -1.20. The maximum Gasteiger partial charge on any atom is 0.354 e. The average molecular weight is 204 g/mol. The van der Waals surface area contributed by atoms with Gasteiger partial charge in [0.1, 0.15) is 18.1 Å². The zero-order chi connectivity index (χ0) is 10.9. The van der Waals surface area contributed by atoms with Crippen molar-refractivity contribution in [3.8, 4) is 0 Å². The second-order valence-electron chi connectivity index (χ2n) is 2.91. The van der Waals surface area contributed by atoms with Gasteiger partial charge in [-0.1, -0.05) is 0 Å². The zero-order valence-electron chi connectivity index (χ0n) is 7.79. The fourth-order valence-corrected chi connectivity index (χ4v) is 1.32. The van der Waals surface area contributed by atoms with Crippen molar-refractivity contribution < 1.29 is 18.7 Å². The minimum absolute atomic E-state index is 0.115. The molecule has 0 bridgehead atoms. The number of carboxylic acid groups (broad SMARTS) is 1. The molecule has 1 rings (SSSR count). The van der Waals surface area contributed by atoms with E-state index in [1.54, 1.807) is 0 Å². The van der Waals surface area contributed by atoms with Crippen LogP contribution in [-0.2, 0) is 7.05 Å². The van der Waals surface area contributed by atoms with E-state index in [1.807, 2.05) is 0 Å². The van der Waals surface area contributed by atoms with Crippen molar-refractivity contribution in [3.63, 3.8) is 0 Å². The van der Waals surface area contributed by atoms with E-state index in [0.29, 0.717) is 0 Å². The summed E-state index contributed by atoms with van der Waals surface area (Å²) in [5, 5.41) is 12.4. The molecule has 0 aromatic carbocycles. The molecule has 1 unspecified atom stereocenters. The maximum atomic E-state index is 12.9. The van der Waals surface area contributed by atoms with Gasteiger partial charge in [-0.25, -0.2) is 13.6 Å². The topological polar surface area (TPSA) is 55.1 Å². The number of rotatable bonds is 3. The van der Waals surface area contributed by atoms with Gasteiger partial charge in [0.15, 0.2) is 6.17 Å². The number of carbonyl (C=O) groups is 1. The van der Waals surface area contributed by atoms with Crippen LogP contribution in [0.4, 0.5) is 8.78 Å². The normalized spacial score (nSPS) is 12.9. The number of hydrogen-bond acceptors (Lipinski definition) is 2. The molecule has 6 heteroatoms. The van der Waals surface area contributed by atoms with Crippen LogP contribution in [0.5, 0.6) is 0 Å². The number of aromatic carboxylic acids is 1. The lowest BCUT2D eigenvalue weighted by Crippen LogP contribution is -2.06. The third-order valence-corrected chi connectivity index (χ3v) is 1.96. The van der Waals surface area contributed by atoms with Crippen molar-refractivity contribution in [1.82, 2.24) is 9.78 Å². The van der Waals surface area contributed by atoms with E-state index < -0.39 is 18.8 Å². The first-order valence-corrected chi connectivity index (χ1v) is 3.95. The predicted octanol–water partition coefficient (Wildman–Crippen LogP) is 1.41. The Kier molecular flexibility index (Phi) is 2.83. The third kappa shape index (κ3) is 1.59. The lowest BCUT2D eigenvalue weighted by Gasteiger charge is -1.99. The molecule has 1 N–H and O–H groups in total. The largest absolute Gasteiger partial charge is 0.477 e. The summed E-state index contributed by atoms with van der Waals surface area (Å²) in [6, 6.07) is 0. The first-order chi connectivity index (χ1) is 6.49. The molecule has 0 radical (unpaired) electrons. The van der Waals surface area contributed by atoms with Gasteiger partial charge in [-0.2, -0.15) is 5.10 Å². The second-order valence-corrected chi connectivity index (χ2v) is 2.91. The number of alkyl halides is 2. The summed E-state index contributed by atoms with van der Waals surface area (Å²) in [4.78, 5) is 10.7. The predicted molar refractivity (Wildman–Crippen MR) is 44.7 cm³/mol. The molecule has 1 aromatic rings. The van der Waals surface area contributed by atoms with E-state index in [0.717, 1.165) is 4.68 Å². The molecule has 0 saturated heterocycles. The van der Waals surface area contributed by atoms with Crippen LogP contribution < -0.4 is 0 Å². The van der Waals surface area contributed by atoms with E-state index >= 15 is 0 Å². The van der Waals surface area contributed by atoms with Crippen LogP contribution in [-0.4, -0.2) is 27.5 Å². The Morgan fingerprint density at radius 1 is 1.71 bits per heavy atom.